The van der Waals surface area contributed by atoms with Crippen LogP contribution in [0.3, 0.4) is 0 Å². The fourth-order valence-corrected chi connectivity index (χ4v) is 4.69. The van der Waals surface area contributed by atoms with E-state index in [1.807, 2.05) is 0 Å². The third-order valence-corrected chi connectivity index (χ3v) is 5.73. The zero-order valence-electron chi connectivity index (χ0n) is 16.6. The Morgan fingerprint density at radius 1 is 0.542 bits per heavy atom. The van der Waals surface area contributed by atoms with E-state index in [4.69, 9.17) is 5.11 Å². The Hall–Kier alpha value is -0.120. The molecule has 146 valence electrons. The Labute approximate surface area is 150 Å². The van der Waals surface area contributed by atoms with Crippen LogP contribution in [0.25, 0.3) is 0 Å². The van der Waals surface area contributed by atoms with Crippen LogP contribution in [0.4, 0.5) is 0 Å². The highest BCUT2D eigenvalue weighted by atomic mass is 16.3. The van der Waals surface area contributed by atoms with Crippen LogP contribution in [0, 0.1) is 23.7 Å². The molecule has 0 aromatic rings. The van der Waals surface area contributed by atoms with Gasteiger partial charge in [0.1, 0.15) is 0 Å². The van der Waals surface area contributed by atoms with E-state index in [9.17, 15) is 10.2 Å². The minimum Gasteiger partial charge on any atom is -0.396 e. The minimum atomic E-state index is 0.274. The van der Waals surface area contributed by atoms with Crippen LogP contribution in [-0.4, -0.2) is 35.1 Å². The van der Waals surface area contributed by atoms with Gasteiger partial charge in [0.15, 0.2) is 0 Å². The quantitative estimate of drug-likeness (QED) is 0.333. The Morgan fingerprint density at radius 3 is 1.54 bits per heavy atom. The molecule has 0 fully saturated rings. The van der Waals surface area contributed by atoms with E-state index in [0.717, 1.165) is 32.1 Å². The fraction of sp³-hybridized carbons (Fsp3) is 1.00. The summed E-state index contributed by atoms with van der Waals surface area (Å²) in [7, 11) is 0. The second-order valence-electron chi connectivity index (χ2n) is 7.43. The molecule has 3 nitrogen and oxygen atoms in total. The van der Waals surface area contributed by atoms with E-state index in [0.29, 0.717) is 30.3 Å². The van der Waals surface area contributed by atoms with E-state index < -0.39 is 0 Å². The van der Waals surface area contributed by atoms with Crippen molar-refractivity contribution < 1.29 is 15.3 Å². The van der Waals surface area contributed by atoms with Crippen molar-refractivity contribution in [2.75, 3.05) is 19.8 Å². The Balaban J connectivity index is 5.14. The highest BCUT2D eigenvalue weighted by molar-refractivity contribution is 4.82. The van der Waals surface area contributed by atoms with Crippen molar-refractivity contribution in [3.05, 3.63) is 0 Å². The largest absolute Gasteiger partial charge is 0.396 e. The van der Waals surface area contributed by atoms with E-state index in [1.54, 1.807) is 0 Å². The monoisotopic (exact) mass is 344 g/mol. The van der Waals surface area contributed by atoms with Gasteiger partial charge in [0.25, 0.3) is 0 Å². The molecule has 3 heteroatoms. The van der Waals surface area contributed by atoms with Crippen molar-refractivity contribution in [2.24, 2.45) is 23.7 Å². The Morgan fingerprint density at radius 2 is 1.08 bits per heavy atom. The normalized spacial score (nSPS) is 16.8. The van der Waals surface area contributed by atoms with Crippen molar-refractivity contribution in [1.29, 1.82) is 0 Å². The summed E-state index contributed by atoms with van der Waals surface area (Å²) < 4.78 is 0. The first-order valence-electron chi connectivity index (χ1n) is 10.5. The average Bonchev–Trinajstić information content (AvgIpc) is 2.58. The molecule has 0 saturated heterocycles. The number of aliphatic hydroxyl groups is 3. The smallest absolute Gasteiger partial charge is 0.0433 e. The summed E-state index contributed by atoms with van der Waals surface area (Å²) in [6.07, 6.45) is 12.1. The molecule has 0 heterocycles. The standard InChI is InChI=1S/C21H44O3/c1-4-10-18(12-7-8-15-22)20(6-3)21(14-17-24)19(11-5-2)13-9-16-23/h18-24H,4-17H2,1-3H3. The van der Waals surface area contributed by atoms with Gasteiger partial charge in [0.2, 0.25) is 0 Å². The molecular weight excluding hydrogens is 300 g/mol. The van der Waals surface area contributed by atoms with Crippen LogP contribution in [-0.2, 0) is 0 Å². The van der Waals surface area contributed by atoms with Crippen molar-refractivity contribution in [1.82, 2.24) is 0 Å². The predicted molar refractivity (Wildman–Crippen MR) is 103 cm³/mol. The van der Waals surface area contributed by atoms with E-state index in [-0.39, 0.29) is 13.2 Å². The lowest BCUT2D eigenvalue weighted by atomic mass is 9.67. The van der Waals surface area contributed by atoms with Crippen molar-refractivity contribution in [3.63, 3.8) is 0 Å². The summed E-state index contributed by atoms with van der Waals surface area (Å²) in [5.41, 5.74) is 0. The van der Waals surface area contributed by atoms with Crippen LogP contribution in [0.1, 0.15) is 91.4 Å². The third-order valence-electron chi connectivity index (χ3n) is 5.73. The lowest BCUT2D eigenvalue weighted by molar-refractivity contribution is 0.0920. The first kappa shape index (κ1) is 23.9. The molecule has 0 radical (unpaired) electrons. The lowest BCUT2D eigenvalue weighted by Gasteiger charge is -2.38. The molecule has 0 bridgehead atoms. The molecule has 0 aliphatic heterocycles. The number of hydrogen-bond donors (Lipinski definition) is 3. The van der Waals surface area contributed by atoms with Crippen LogP contribution < -0.4 is 0 Å². The van der Waals surface area contributed by atoms with E-state index in [2.05, 4.69) is 20.8 Å². The molecule has 0 spiro atoms. The molecule has 24 heavy (non-hydrogen) atoms. The van der Waals surface area contributed by atoms with E-state index in [1.165, 1.54) is 38.5 Å². The SMILES string of the molecule is CCCC(CCCCO)C(CC)C(CCO)C(CCC)CCCO. The second-order valence-corrected chi connectivity index (χ2v) is 7.43. The Kier molecular flexibility index (Phi) is 16.3. The van der Waals surface area contributed by atoms with Gasteiger partial charge in [-0.1, -0.05) is 65.7 Å². The summed E-state index contributed by atoms with van der Waals surface area (Å²) >= 11 is 0. The first-order chi connectivity index (χ1) is 11.7. The van der Waals surface area contributed by atoms with Crippen LogP contribution in [0.5, 0.6) is 0 Å². The summed E-state index contributed by atoms with van der Waals surface area (Å²) in [5.74, 6) is 2.55. The summed E-state index contributed by atoms with van der Waals surface area (Å²) in [4.78, 5) is 0. The van der Waals surface area contributed by atoms with Gasteiger partial charge in [-0.3, -0.25) is 0 Å². The zero-order chi connectivity index (χ0) is 18.2. The van der Waals surface area contributed by atoms with Crippen molar-refractivity contribution >= 4 is 0 Å². The van der Waals surface area contributed by atoms with Gasteiger partial charge in [-0.15, -0.1) is 0 Å². The molecule has 0 aromatic heterocycles. The number of rotatable bonds is 17. The summed E-state index contributed by atoms with van der Waals surface area (Å²) in [5, 5.41) is 28.0. The average molecular weight is 345 g/mol. The molecular formula is C21H44O3. The van der Waals surface area contributed by atoms with Crippen molar-refractivity contribution in [3.8, 4) is 0 Å². The molecule has 0 saturated carbocycles. The van der Waals surface area contributed by atoms with E-state index >= 15 is 0 Å². The van der Waals surface area contributed by atoms with Crippen molar-refractivity contribution in [2.45, 2.75) is 91.4 Å². The first-order valence-corrected chi connectivity index (χ1v) is 10.5. The van der Waals surface area contributed by atoms with Gasteiger partial charge in [-0.05, 0) is 49.4 Å². The maximum absolute atomic E-state index is 9.67. The second kappa shape index (κ2) is 16.4. The van der Waals surface area contributed by atoms with Crippen LogP contribution in [0.2, 0.25) is 0 Å². The van der Waals surface area contributed by atoms with Gasteiger partial charge in [0, 0.05) is 19.8 Å². The predicted octanol–water partition coefficient (Wildman–Crippen LogP) is 4.78. The topological polar surface area (TPSA) is 60.7 Å². The highest BCUT2D eigenvalue weighted by Crippen LogP contribution is 2.40. The molecule has 0 aliphatic carbocycles. The van der Waals surface area contributed by atoms with Gasteiger partial charge in [0.05, 0.1) is 0 Å². The molecule has 4 atom stereocenters. The molecule has 3 N–H and O–H groups in total. The Bertz CT molecular complexity index is 257. The lowest BCUT2D eigenvalue weighted by Crippen LogP contribution is -2.30. The summed E-state index contributed by atoms with van der Waals surface area (Å²) in [6.45, 7) is 7.66. The summed E-state index contributed by atoms with van der Waals surface area (Å²) in [6, 6.07) is 0. The number of aliphatic hydroxyl groups excluding tert-OH is 3. The maximum Gasteiger partial charge on any atom is 0.0433 e. The molecule has 0 amide bonds. The van der Waals surface area contributed by atoms with Gasteiger partial charge in [-0.2, -0.15) is 0 Å². The highest BCUT2D eigenvalue weighted by Gasteiger charge is 2.32. The zero-order valence-corrected chi connectivity index (χ0v) is 16.6. The molecule has 0 rings (SSSR count). The maximum atomic E-state index is 9.67. The molecule has 0 aliphatic rings. The van der Waals surface area contributed by atoms with Gasteiger partial charge in [-0.25, -0.2) is 0 Å². The molecule has 4 unspecified atom stereocenters. The third kappa shape index (κ3) is 9.39. The van der Waals surface area contributed by atoms with Gasteiger partial charge < -0.3 is 15.3 Å². The van der Waals surface area contributed by atoms with Crippen LogP contribution >= 0.6 is 0 Å². The van der Waals surface area contributed by atoms with Gasteiger partial charge >= 0.3 is 0 Å². The molecule has 0 aromatic carbocycles. The minimum absolute atomic E-state index is 0.274. The fourth-order valence-electron chi connectivity index (χ4n) is 4.69. The van der Waals surface area contributed by atoms with Crippen LogP contribution in [0.15, 0.2) is 0 Å². The number of hydrogen-bond acceptors (Lipinski definition) is 3. The number of unbranched alkanes of at least 4 members (excludes halogenated alkanes) is 1.